The normalized spacial score (nSPS) is 16.0. The Hall–Kier alpha value is -4.67. The number of benzene rings is 3. The second kappa shape index (κ2) is 10.8. The molecule has 202 valence electrons. The molecule has 0 radical (unpaired) electrons. The van der Waals surface area contributed by atoms with Gasteiger partial charge in [-0.05, 0) is 24.3 Å². The maximum atomic E-state index is 13.3. The van der Waals surface area contributed by atoms with E-state index < -0.39 is 18.2 Å². The minimum Gasteiger partial charge on any atom is -0.504 e. The molecule has 0 saturated heterocycles. The average molecular weight is 529 g/mol. The van der Waals surface area contributed by atoms with Crippen molar-refractivity contribution in [3.05, 3.63) is 53.1 Å². The van der Waals surface area contributed by atoms with Crippen LogP contribution in [0.25, 0.3) is 0 Å². The van der Waals surface area contributed by atoms with Crippen LogP contribution in [0.4, 0.5) is 0 Å². The van der Waals surface area contributed by atoms with Crippen LogP contribution in [0.15, 0.2) is 36.4 Å². The van der Waals surface area contributed by atoms with Crippen LogP contribution in [0.2, 0.25) is 0 Å². The Morgan fingerprint density at radius 2 is 1.39 bits per heavy atom. The molecule has 4 rings (SSSR count). The fourth-order valence-corrected chi connectivity index (χ4v) is 4.32. The summed E-state index contributed by atoms with van der Waals surface area (Å²) in [5.74, 6) is -0.345. The van der Waals surface area contributed by atoms with Gasteiger partial charge in [-0.2, -0.15) is 0 Å². The summed E-state index contributed by atoms with van der Waals surface area (Å²) in [6, 6.07) is 8.72. The quantitative estimate of drug-likeness (QED) is 0.368. The van der Waals surface area contributed by atoms with Crippen LogP contribution in [-0.4, -0.2) is 62.9 Å². The van der Waals surface area contributed by atoms with Crippen LogP contribution in [0.5, 0.6) is 51.7 Å². The summed E-state index contributed by atoms with van der Waals surface area (Å²) < 4.78 is 38.3. The van der Waals surface area contributed by atoms with E-state index in [1.54, 1.807) is 12.1 Å². The highest BCUT2D eigenvalue weighted by molar-refractivity contribution is 5.91. The molecule has 1 aliphatic heterocycles. The van der Waals surface area contributed by atoms with E-state index in [1.165, 1.54) is 59.8 Å². The van der Waals surface area contributed by atoms with E-state index in [2.05, 4.69) is 0 Å². The van der Waals surface area contributed by atoms with E-state index >= 15 is 0 Å². The first-order valence-electron chi connectivity index (χ1n) is 11.4. The van der Waals surface area contributed by atoms with Crippen molar-refractivity contribution in [3.63, 3.8) is 0 Å². The summed E-state index contributed by atoms with van der Waals surface area (Å²) in [5.41, 5.74) is 1.01. The van der Waals surface area contributed by atoms with Gasteiger partial charge in [0.25, 0.3) is 0 Å². The van der Waals surface area contributed by atoms with Crippen molar-refractivity contribution in [1.82, 2.24) is 0 Å². The first-order valence-corrected chi connectivity index (χ1v) is 11.4. The number of esters is 1. The summed E-state index contributed by atoms with van der Waals surface area (Å²) in [4.78, 5) is 13.3. The molecule has 3 aromatic carbocycles. The average Bonchev–Trinajstić information content (AvgIpc) is 2.91. The molecule has 0 aromatic heterocycles. The largest absolute Gasteiger partial charge is 0.504 e. The predicted octanol–water partition coefficient (Wildman–Crippen LogP) is 3.75. The van der Waals surface area contributed by atoms with Crippen LogP contribution < -0.4 is 28.4 Å². The number of hydrogen-bond donors (Lipinski definition) is 3. The number of hydrogen-bond acceptors (Lipinski definition) is 11. The fourth-order valence-electron chi connectivity index (χ4n) is 4.32. The third kappa shape index (κ3) is 4.82. The van der Waals surface area contributed by atoms with E-state index in [0.717, 1.165) is 0 Å². The highest BCUT2D eigenvalue weighted by Gasteiger charge is 2.38. The van der Waals surface area contributed by atoms with Crippen LogP contribution in [0.3, 0.4) is 0 Å². The Balaban J connectivity index is 1.78. The number of phenols is 3. The molecule has 11 nitrogen and oxygen atoms in total. The van der Waals surface area contributed by atoms with Crippen molar-refractivity contribution in [2.45, 2.75) is 18.6 Å². The van der Waals surface area contributed by atoms with Gasteiger partial charge in [0, 0.05) is 29.7 Å². The highest BCUT2D eigenvalue weighted by atomic mass is 16.6. The Kier molecular flexibility index (Phi) is 7.47. The second-order valence-corrected chi connectivity index (χ2v) is 8.31. The number of ether oxygens (including phenoxy) is 7. The molecular weight excluding hydrogens is 500 g/mol. The molecule has 0 amide bonds. The van der Waals surface area contributed by atoms with Gasteiger partial charge < -0.3 is 48.5 Å². The molecule has 38 heavy (non-hydrogen) atoms. The topological polar surface area (TPSA) is 142 Å². The van der Waals surface area contributed by atoms with Crippen molar-refractivity contribution in [2.24, 2.45) is 0 Å². The minimum absolute atomic E-state index is 0.0249. The third-order valence-corrected chi connectivity index (χ3v) is 6.17. The zero-order valence-electron chi connectivity index (χ0n) is 21.4. The van der Waals surface area contributed by atoms with E-state index in [4.69, 9.17) is 33.2 Å². The van der Waals surface area contributed by atoms with Crippen molar-refractivity contribution < 1.29 is 53.3 Å². The molecule has 3 aromatic rings. The molecule has 0 aliphatic carbocycles. The van der Waals surface area contributed by atoms with Gasteiger partial charge in [-0.3, -0.25) is 0 Å². The molecular formula is C27H28O11. The predicted molar refractivity (Wildman–Crippen MR) is 133 cm³/mol. The highest BCUT2D eigenvalue weighted by Crippen LogP contribution is 2.46. The lowest BCUT2D eigenvalue weighted by Crippen LogP contribution is -2.35. The second-order valence-electron chi connectivity index (χ2n) is 8.31. The van der Waals surface area contributed by atoms with Gasteiger partial charge >= 0.3 is 5.97 Å². The lowest BCUT2D eigenvalue weighted by molar-refractivity contribution is -0.0189. The van der Waals surface area contributed by atoms with Gasteiger partial charge in [-0.15, -0.1) is 0 Å². The monoisotopic (exact) mass is 528 g/mol. The zero-order chi connectivity index (χ0) is 27.6. The maximum Gasteiger partial charge on any atom is 0.338 e. The van der Waals surface area contributed by atoms with Crippen molar-refractivity contribution >= 4 is 5.97 Å². The van der Waals surface area contributed by atoms with Crippen LogP contribution in [0.1, 0.15) is 27.6 Å². The molecule has 0 bridgehead atoms. The molecule has 3 N–H and O–H groups in total. The van der Waals surface area contributed by atoms with E-state index in [0.29, 0.717) is 28.4 Å². The number of fused-ring (bicyclic) bond motifs is 1. The number of carbonyl (C=O) groups excluding carboxylic acids is 1. The summed E-state index contributed by atoms with van der Waals surface area (Å²) in [5, 5.41) is 31.0. The Labute approximate surface area is 218 Å². The van der Waals surface area contributed by atoms with Crippen LogP contribution in [0, 0.1) is 0 Å². The summed E-state index contributed by atoms with van der Waals surface area (Å²) in [6.45, 7) is 0. The van der Waals surface area contributed by atoms with Crippen molar-refractivity contribution in [2.75, 3.05) is 35.5 Å². The first-order chi connectivity index (χ1) is 18.2. The van der Waals surface area contributed by atoms with Gasteiger partial charge in [0.2, 0.25) is 11.5 Å². The standard InChI is InChI=1S/C27H28O11/c1-32-15-10-19(33-2)16-12-23(38-27(31)14-8-21(34-3)24(30)22(9-14)35-4)25(37-20(16)11-15)13-6-17(28)26(36-5)18(29)7-13/h6-11,23,25,28-30H,12H2,1-5H3. The molecule has 11 heteroatoms. The lowest BCUT2D eigenvalue weighted by Gasteiger charge is -2.34. The van der Waals surface area contributed by atoms with Crippen LogP contribution >= 0.6 is 0 Å². The van der Waals surface area contributed by atoms with Gasteiger partial charge in [-0.25, -0.2) is 4.79 Å². The number of phenolic OH excluding ortho intramolecular Hbond substituents is 3. The fraction of sp³-hybridized carbons (Fsp3) is 0.296. The lowest BCUT2D eigenvalue weighted by atomic mass is 9.93. The van der Waals surface area contributed by atoms with Gasteiger partial charge in [-0.1, -0.05) is 0 Å². The first kappa shape index (κ1) is 26.4. The number of carbonyl (C=O) groups is 1. The Bertz CT molecular complexity index is 1300. The Morgan fingerprint density at radius 1 is 0.789 bits per heavy atom. The molecule has 1 aliphatic rings. The Morgan fingerprint density at radius 3 is 1.92 bits per heavy atom. The number of aromatic hydroxyl groups is 3. The molecule has 0 spiro atoms. The molecule has 0 saturated carbocycles. The number of rotatable bonds is 8. The SMILES string of the molecule is COc1cc(OC)c2c(c1)OC(c1cc(O)c(OC)c(O)c1)C(OC(=O)c1cc(OC)c(O)c(OC)c1)C2. The molecule has 2 atom stereocenters. The molecule has 0 fully saturated rings. The minimum atomic E-state index is -0.952. The summed E-state index contributed by atoms with van der Waals surface area (Å²) in [6.07, 6.45) is -1.72. The van der Waals surface area contributed by atoms with Crippen molar-refractivity contribution in [1.29, 1.82) is 0 Å². The van der Waals surface area contributed by atoms with Gasteiger partial charge in [0.05, 0.1) is 41.1 Å². The molecule has 2 unspecified atom stereocenters. The van der Waals surface area contributed by atoms with E-state index in [-0.39, 0.29) is 46.5 Å². The summed E-state index contributed by atoms with van der Waals surface area (Å²) >= 11 is 0. The van der Waals surface area contributed by atoms with Gasteiger partial charge in [0.15, 0.2) is 29.1 Å². The van der Waals surface area contributed by atoms with Gasteiger partial charge in [0.1, 0.15) is 23.4 Å². The zero-order valence-corrected chi connectivity index (χ0v) is 21.4. The maximum absolute atomic E-state index is 13.3. The smallest absolute Gasteiger partial charge is 0.338 e. The third-order valence-electron chi connectivity index (χ3n) is 6.17. The van der Waals surface area contributed by atoms with E-state index in [1.807, 2.05) is 0 Å². The van der Waals surface area contributed by atoms with Crippen LogP contribution in [-0.2, 0) is 11.2 Å². The van der Waals surface area contributed by atoms with Crippen molar-refractivity contribution in [3.8, 4) is 51.7 Å². The molecule has 1 heterocycles. The number of methoxy groups -OCH3 is 5. The van der Waals surface area contributed by atoms with E-state index in [9.17, 15) is 20.1 Å². The summed E-state index contributed by atoms with van der Waals surface area (Å²) in [7, 11) is 7.00.